The van der Waals surface area contributed by atoms with Gasteiger partial charge in [0.2, 0.25) is 0 Å². The first-order chi connectivity index (χ1) is 8.22. The van der Waals surface area contributed by atoms with Gasteiger partial charge in [0.1, 0.15) is 5.82 Å². The third-order valence-electron chi connectivity index (χ3n) is 3.22. The molecule has 0 amide bonds. The number of anilines is 2. The fourth-order valence-corrected chi connectivity index (χ4v) is 2.39. The lowest BCUT2D eigenvalue weighted by molar-refractivity contribution is 0.431. The van der Waals surface area contributed by atoms with Gasteiger partial charge in [-0.15, -0.1) is 0 Å². The van der Waals surface area contributed by atoms with E-state index < -0.39 is 0 Å². The van der Waals surface area contributed by atoms with E-state index in [9.17, 15) is 4.39 Å². The fraction of sp³-hybridized carbons (Fsp3) is 0.583. The Morgan fingerprint density at radius 1 is 1.53 bits per heavy atom. The maximum Gasteiger partial charge on any atom is 0.152 e. The second-order valence-electron chi connectivity index (χ2n) is 4.33. The van der Waals surface area contributed by atoms with Crippen LogP contribution in [0.4, 0.5) is 15.9 Å². The van der Waals surface area contributed by atoms with Crippen molar-refractivity contribution in [3.63, 3.8) is 0 Å². The molecule has 0 radical (unpaired) electrons. The SMILES string of the molecule is CCN(c1ncc(F)cc1N)C1CCNCC1. The average molecular weight is 238 g/mol. The quantitative estimate of drug-likeness (QED) is 0.835. The minimum Gasteiger partial charge on any atom is -0.396 e. The van der Waals surface area contributed by atoms with Crippen LogP contribution in [0.2, 0.25) is 0 Å². The van der Waals surface area contributed by atoms with Gasteiger partial charge in [0.05, 0.1) is 11.9 Å². The van der Waals surface area contributed by atoms with Gasteiger partial charge in [-0.3, -0.25) is 0 Å². The van der Waals surface area contributed by atoms with E-state index in [1.54, 1.807) is 0 Å². The highest BCUT2D eigenvalue weighted by atomic mass is 19.1. The number of nitrogens with zero attached hydrogens (tertiary/aromatic N) is 2. The molecular formula is C12H19FN4. The number of nitrogen functional groups attached to an aromatic ring is 1. The van der Waals surface area contributed by atoms with E-state index in [1.807, 2.05) is 0 Å². The fourth-order valence-electron chi connectivity index (χ4n) is 2.39. The van der Waals surface area contributed by atoms with E-state index in [2.05, 4.69) is 22.1 Å². The van der Waals surface area contributed by atoms with Crippen LogP contribution in [0.5, 0.6) is 0 Å². The predicted molar refractivity (Wildman–Crippen MR) is 67.5 cm³/mol. The second kappa shape index (κ2) is 5.31. The molecule has 0 bridgehead atoms. The smallest absolute Gasteiger partial charge is 0.152 e. The summed E-state index contributed by atoms with van der Waals surface area (Å²) in [6, 6.07) is 1.79. The largest absolute Gasteiger partial charge is 0.396 e. The number of piperidine rings is 1. The van der Waals surface area contributed by atoms with E-state index in [0.29, 0.717) is 17.5 Å². The van der Waals surface area contributed by atoms with Gasteiger partial charge in [0.15, 0.2) is 5.82 Å². The number of nitrogens with two attached hydrogens (primary N) is 1. The molecule has 1 aromatic rings. The third-order valence-corrected chi connectivity index (χ3v) is 3.22. The molecule has 0 atom stereocenters. The van der Waals surface area contributed by atoms with Crippen molar-refractivity contribution in [2.24, 2.45) is 0 Å². The molecule has 1 aliphatic heterocycles. The van der Waals surface area contributed by atoms with Crippen LogP contribution in [0.3, 0.4) is 0 Å². The van der Waals surface area contributed by atoms with Gasteiger partial charge >= 0.3 is 0 Å². The maximum atomic E-state index is 13.0. The molecule has 5 heteroatoms. The van der Waals surface area contributed by atoms with Gasteiger partial charge in [-0.05, 0) is 32.9 Å². The standard InChI is InChI=1S/C12H19FN4/c1-2-17(10-3-5-15-6-4-10)12-11(14)7-9(13)8-16-12/h7-8,10,15H,2-6,14H2,1H3. The molecule has 1 saturated heterocycles. The molecule has 1 fully saturated rings. The topological polar surface area (TPSA) is 54.2 Å². The van der Waals surface area contributed by atoms with Crippen LogP contribution >= 0.6 is 0 Å². The Morgan fingerprint density at radius 2 is 2.24 bits per heavy atom. The number of nitrogens with one attached hydrogen (secondary N) is 1. The summed E-state index contributed by atoms with van der Waals surface area (Å²) >= 11 is 0. The monoisotopic (exact) mass is 238 g/mol. The highest BCUT2D eigenvalue weighted by Crippen LogP contribution is 2.25. The molecule has 2 heterocycles. The molecular weight excluding hydrogens is 219 g/mol. The minimum absolute atomic E-state index is 0.382. The first-order valence-electron chi connectivity index (χ1n) is 6.10. The number of hydrogen-bond acceptors (Lipinski definition) is 4. The Balaban J connectivity index is 2.21. The van der Waals surface area contributed by atoms with E-state index in [4.69, 9.17) is 5.73 Å². The molecule has 0 aliphatic carbocycles. The summed E-state index contributed by atoms with van der Waals surface area (Å²) in [5.74, 6) is 0.327. The molecule has 0 unspecified atom stereocenters. The van der Waals surface area contributed by atoms with Gasteiger partial charge in [0, 0.05) is 18.7 Å². The molecule has 1 aromatic heterocycles. The summed E-state index contributed by atoms with van der Waals surface area (Å²) in [5.41, 5.74) is 6.27. The third kappa shape index (κ3) is 2.66. The molecule has 4 nitrogen and oxygen atoms in total. The maximum absolute atomic E-state index is 13.0. The summed E-state index contributed by atoms with van der Waals surface area (Å²) in [5, 5.41) is 3.33. The molecule has 17 heavy (non-hydrogen) atoms. The van der Waals surface area contributed by atoms with Crippen molar-refractivity contribution >= 4 is 11.5 Å². The van der Waals surface area contributed by atoms with Crippen molar-refractivity contribution in [2.45, 2.75) is 25.8 Å². The first-order valence-corrected chi connectivity index (χ1v) is 6.10. The lowest BCUT2D eigenvalue weighted by atomic mass is 10.0. The number of halogens is 1. The Kier molecular flexibility index (Phi) is 3.78. The minimum atomic E-state index is -0.382. The zero-order valence-corrected chi connectivity index (χ0v) is 10.1. The van der Waals surface area contributed by atoms with Gasteiger partial charge in [-0.25, -0.2) is 9.37 Å². The molecule has 2 rings (SSSR count). The summed E-state index contributed by atoms with van der Waals surface area (Å²) in [7, 11) is 0. The highest BCUT2D eigenvalue weighted by Gasteiger charge is 2.22. The number of rotatable bonds is 3. The van der Waals surface area contributed by atoms with Gasteiger partial charge < -0.3 is 16.0 Å². The molecule has 1 aliphatic rings. The Labute approximate surface area is 101 Å². The number of pyridine rings is 1. The second-order valence-corrected chi connectivity index (χ2v) is 4.33. The van der Waals surface area contributed by atoms with Gasteiger partial charge in [-0.1, -0.05) is 0 Å². The summed E-state index contributed by atoms with van der Waals surface area (Å²) in [6.07, 6.45) is 3.38. The summed E-state index contributed by atoms with van der Waals surface area (Å²) < 4.78 is 13.0. The van der Waals surface area contributed by atoms with Crippen LogP contribution in [0.25, 0.3) is 0 Å². The number of aromatic nitrogens is 1. The highest BCUT2D eigenvalue weighted by molar-refractivity contribution is 5.62. The molecule has 0 spiro atoms. The zero-order chi connectivity index (χ0) is 12.3. The number of hydrogen-bond donors (Lipinski definition) is 2. The molecule has 0 aromatic carbocycles. The summed E-state index contributed by atoms with van der Waals surface area (Å²) in [6.45, 7) is 4.95. The van der Waals surface area contributed by atoms with E-state index in [0.717, 1.165) is 32.5 Å². The van der Waals surface area contributed by atoms with Crippen LogP contribution < -0.4 is 16.0 Å². The van der Waals surface area contributed by atoms with Gasteiger partial charge in [-0.2, -0.15) is 0 Å². The van der Waals surface area contributed by atoms with Crippen LogP contribution in [0.15, 0.2) is 12.3 Å². The molecule has 3 N–H and O–H groups in total. The van der Waals surface area contributed by atoms with E-state index in [1.165, 1.54) is 12.3 Å². The van der Waals surface area contributed by atoms with Crippen molar-refractivity contribution in [1.82, 2.24) is 10.3 Å². The molecule has 94 valence electrons. The summed E-state index contributed by atoms with van der Waals surface area (Å²) in [4.78, 5) is 6.31. The van der Waals surface area contributed by atoms with Crippen molar-refractivity contribution < 1.29 is 4.39 Å². The van der Waals surface area contributed by atoms with Gasteiger partial charge in [0.25, 0.3) is 0 Å². The lowest BCUT2D eigenvalue weighted by Gasteiger charge is -2.35. The first kappa shape index (κ1) is 12.1. The van der Waals surface area contributed by atoms with Crippen molar-refractivity contribution in [3.05, 3.63) is 18.1 Å². The zero-order valence-electron chi connectivity index (χ0n) is 10.1. The van der Waals surface area contributed by atoms with Crippen LogP contribution in [-0.2, 0) is 0 Å². The Bertz CT molecular complexity index is 377. The van der Waals surface area contributed by atoms with Crippen LogP contribution in [0, 0.1) is 5.82 Å². The van der Waals surface area contributed by atoms with Crippen LogP contribution in [-0.4, -0.2) is 30.7 Å². The Hall–Kier alpha value is -1.36. The van der Waals surface area contributed by atoms with Crippen LogP contribution in [0.1, 0.15) is 19.8 Å². The predicted octanol–water partition coefficient (Wildman–Crippen LogP) is 1.38. The van der Waals surface area contributed by atoms with Crippen molar-refractivity contribution in [2.75, 3.05) is 30.3 Å². The van der Waals surface area contributed by atoms with E-state index in [-0.39, 0.29) is 5.82 Å². The van der Waals surface area contributed by atoms with Crippen molar-refractivity contribution in [3.8, 4) is 0 Å². The lowest BCUT2D eigenvalue weighted by Crippen LogP contribution is -2.43. The van der Waals surface area contributed by atoms with E-state index >= 15 is 0 Å². The molecule has 0 saturated carbocycles. The normalized spacial score (nSPS) is 17.1. The average Bonchev–Trinajstić information content (AvgIpc) is 2.34. The Morgan fingerprint density at radius 3 is 2.82 bits per heavy atom. The van der Waals surface area contributed by atoms with Crippen molar-refractivity contribution in [1.29, 1.82) is 0 Å².